The monoisotopic (exact) mass is 405 g/mol. The molecule has 154 valence electrons. The van der Waals surface area contributed by atoms with E-state index in [4.69, 9.17) is 0 Å². The number of halogens is 6. The van der Waals surface area contributed by atoms with Gasteiger partial charge in [0, 0.05) is 18.8 Å². The Balaban J connectivity index is 2.29. The van der Waals surface area contributed by atoms with E-state index >= 15 is 0 Å². The van der Waals surface area contributed by atoms with Crippen LogP contribution in [-0.4, -0.2) is 18.8 Å². The smallest absolute Gasteiger partial charge is 0.341 e. The highest BCUT2D eigenvalue weighted by Crippen LogP contribution is 2.37. The zero-order chi connectivity index (χ0) is 21.1. The lowest BCUT2D eigenvalue weighted by Crippen LogP contribution is -2.12. The Bertz CT molecular complexity index is 758. The van der Waals surface area contributed by atoms with Crippen molar-refractivity contribution in [2.24, 2.45) is 10.9 Å². The lowest BCUT2D eigenvalue weighted by Gasteiger charge is -2.15. The van der Waals surface area contributed by atoms with Crippen molar-refractivity contribution in [2.45, 2.75) is 32.6 Å². The molecular weight excluding hydrogens is 384 g/mol. The first-order chi connectivity index (χ1) is 12.9. The summed E-state index contributed by atoms with van der Waals surface area (Å²) in [4.78, 5) is 4.24. The molecule has 0 aliphatic carbocycles. The van der Waals surface area contributed by atoms with E-state index in [1.807, 2.05) is 19.9 Å². The Morgan fingerprint density at radius 2 is 1.71 bits per heavy atom. The summed E-state index contributed by atoms with van der Waals surface area (Å²) >= 11 is 0. The van der Waals surface area contributed by atoms with Crippen LogP contribution in [0.25, 0.3) is 0 Å². The van der Waals surface area contributed by atoms with Gasteiger partial charge in [-0.05, 0) is 29.7 Å². The Kier molecular flexibility index (Phi) is 6.59. The summed E-state index contributed by atoms with van der Waals surface area (Å²) in [5.41, 5.74) is -1.58. The van der Waals surface area contributed by atoms with E-state index < -0.39 is 23.5 Å². The molecule has 1 unspecified atom stereocenters. The number of rotatable bonds is 5. The molecule has 1 saturated heterocycles. The number of nitrogens with zero attached hydrogens (tertiary/aromatic N) is 1. The molecule has 1 atom stereocenters. The van der Waals surface area contributed by atoms with E-state index in [9.17, 15) is 26.3 Å². The first-order valence-electron chi connectivity index (χ1n) is 8.65. The second kappa shape index (κ2) is 8.38. The van der Waals surface area contributed by atoms with Crippen LogP contribution in [0.4, 0.5) is 32.0 Å². The molecule has 0 spiro atoms. The summed E-state index contributed by atoms with van der Waals surface area (Å²) in [5.74, 6) is 0.278. The van der Waals surface area contributed by atoms with Crippen LogP contribution in [0, 0.1) is 5.92 Å². The molecular formula is C19H21F6N3. The second-order valence-electron chi connectivity index (χ2n) is 6.61. The maximum atomic E-state index is 12.9. The van der Waals surface area contributed by atoms with Gasteiger partial charge in [-0.25, -0.2) is 4.99 Å². The van der Waals surface area contributed by atoms with Crippen LogP contribution < -0.4 is 10.6 Å². The van der Waals surface area contributed by atoms with Gasteiger partial charge in [-0.1, -0.05) is 32.9 Å². The van der Waals surface area contributed by atoms with Gasteiger partial charge in [0.15, 0.2) is 0 Å². The van der Waals surface area contributed by atoms with Crippen molar-refractivity contribution < 1.29 is 26.3 Å². The van der Waals surface area contributed by atoms with Crippen molar-refractivity contribution in [1.29, 1.82) is 0 Å². The van der Waals surface area contributed by atoms with Gasteiger partial charge in [0.25, 0.3) is 0 Å². The van der Waals surface area contributed by atoms with Crippen molar-refractivity contribution >= 4 is 11.4 Å². The van der Waals surface area contributed by atoms with Gasteiger partial charge in [0.1, 0.15) is 5.82 Å². The molecule has 1 aliphatic rings. The topological polar surface area (TPSA) is 36.4 Å². The van der Waals surface area contributed by atoms with Gasteiger partial charge in [-0.3, -0.25) is 0 Å². The van der Waals surface area contributed by atoms with E-state index in [2.05, 4.69) is 22.2 Å². The third-order valence-corrected chi connectivity index (χ3v) is 4.25. The van der Waals surface area contributed by atoms with E-state index in [1.54, 1.807) is 0 Å². The number of anilines is 1. The van der Waals surface area contributed by atoms with Crippen LogP contribution in [0.5, 0.6) is 0 Å². The summed E-state index contributed by atoms with van der Waals surface area (Å²) in [5, 5.41) is 5.56. The molecule has 1 heterocycles. The lowest BCUT2D eigenvalue weighted by atomic mass is 10.0. The van der Waals surface area contributed by atoms with E-state index in [0.29, 0.717) is 36.9 Å². The molecule has 0 radical (unpaired) electrons. The predicted molar refractivity (Wildman–Crippen MR) is 97.1 cm³/mol. The first kappa shape index (κ1) is 22.0. The van der Waals surface area contributed by atoms with Crippen LogP contribution in [0.1, 0.15) is 31.4 Å². The third kappa shape index (κ3) is 5.85. The number of hydrogen-bond acceptors (Lipinski definition) is 3. The largest absolute Gasteiger partial charge is 0.416 e. The number of allylic oxidation sites excluding steroid dienone is 1. The molecule has 3 nitrogen and oxygen atoms in total. The zero-order valence-corrected chi connectivity index (χ0v) is 15.4. The van der Waals surface area contributed by atoms with Crippen molar-refractivity contribution in [1.82, 2.24) is 5.32 Å². The molecule has 1 aromatic carbocycles. The molecule has 0 amide bonds. The number of hydrogen-bond donors (Lipinski definition) is 2. The van der Waals surface area contributed by atoms with Crippen LogP contribution in [-0.2, 0) is 12.4 Å². The van der Waals surface area contributed by atoms with Crippen LogP contribution in [0.3, 0.4) is 0 Å². The molecule has 1 fully saturated rings. The fourth-order valence-corrected chi connectivity index (χ4v) is 2.64. The Labute approximate surface area is 159 Å². The summed E-state index contributed by atoms with van der Waals surface area (Å²) in [6.07, 6.45) is -6.85. The Morgan fingerprint density at radius 1 is 1.14 bits per heavy atom. The van der Waals surface area contributed by atoms with Gasteiger partial charge in [0.05, 0.1) is 16.8 Å². The summed E-state index contributed by atoms with van der Waals surface area (Å²) < 4.78 is 77.7. The van der Waals surface area contributed by atoms with E-state index in [0.717, 1.165) is 12.0 Å². The quantitative estimate of drug-likeness (QED) is 0.624. The number of benzene rings is 1. The van der Waals surface area contributed by atoms with Gasteiger partial charge < -0.3 is 10.6 Å². The van der Waals surface area contributed by atoms with Crippen molar-refractivity contribution in [3.05, 3.63) is 53.4 Å². The minimum absolute atomic E-state index is 0.0406. The maximum absolute atomic E-state index is 12.9. The second-order valence-corrected chi connectivity index (χ2v) is 6.61. The zero-order valence-electron chi connectivity index (χ0n) is 15.4. The van der Waals surface area contributed by atoms with E-state index in [1.165, 1.54) is 0 Å². The highest BCUT2D eigenvalue weighted by atomic mass is 19.4. The molecule has 2 N–H and O–H groups in total. The van der Waals surface area contributed by atoms with Crippen LogP contribution in [0.15, 0.2) is 47.2 Å². The maximum Gasteiger partial charge on any atom is 0.416 e. The van der Waals surface area contributed by atoms with Gasteiger partial charge >= 0.3 is 12.4 Å². The van der Waals surface area contributed by atoms with Crippen molar-refractivity contribution in [3.8, 4) is 0 Å². The molecule has 1 aliphatic heterocycles. The summed E-state index contributed by atoms with van der Waals surface area (Å²) in [7, 11) is 0. The highest BCUT2D eigenvalue weighted by molar-refractivity contribution is 6.04. The number of aliphatic imine (C=N–C) groups is 1. The number of alkyl halides is 6. The molecule has 28 heavy (non-hydrogen) atoms. The number of nitrogens with one attached hydrogen (secondary N) is 2. The van der Waals surface area contributed by atoms with Crippen molar-refractivity contribution in [3.63, 3.8) is 0 Å². The SMILES string of the molecule is C=C(/N=C1/CNC/C1=C/C(C)CC)Nc1cc(C(F)(F)F)cc(C(F)(F)F)c1. The fraction of sp³-hybridized carbons (Fsp3) is 0.421. The summed E-state index contributed by atoms with van der Waals surface area (Å²) in [6, 6.07) is 1.28. The minimum atomic E-state index is -4.91. The molecule has 9 heteroatoms. The lowest BCUT2D eigenvalue weighted by molar-refractivity contribution is -0.143. The average molecular weight is 405 g/mol. The minimum Gasteiger partial charge on any atom is -0.341 e. The highest BCUT2D eigenvalue weighted by Gasteiger charge is 2.37. The van der Waals surface area contributed by atoms with Crippen molar-refractivity contribution in [2.75, 3.05) is 18.4 Å². The Hall–Kier alpha value is -2.29. The van der Waals surface area contributed by atoms with Crippen LogP contribution >= 0.6 is 0 Å². The third-order valence-electron chi connectivity index (χ3n) is 4.25. The normalized spacial score (nSPS) is 19.3. The van der Waals surface area contributed by atoms with Gasteiger partial charge in [-0.15, -0.1) is 0 Å². The molecule has 0 saturated carbocycles. The van der Waals surface area contributed by atoms with E-state index in [-0.39, 0.29) is 17.6 Å². The predicted octanol–water partition coefficient (Wildman–Crippen LogP) is 5.62. The first-order valence-corrected chi connectivity index (χ1v) is 8.65. The summed E-state index contributed by atoms with van der Waals surface area (Å²) in [6.45, 7) is 8.73. The Morgan fingerprint density at radius 3 is 2.21 bits per heavy atom. The van der Waals surface area contributed by atoms with Gasteiger partial charge in [0.2, 0.25) is 0 Å². The molecule has 0 aromatic heterocycles. The molecule has 1 aromatic rings. The fourth-order valence-electron chi connectivity index (χ4n) is 2.64. The average Bonchev–Trinajstić information content (AvgIpc) is 2.99. The standard InChI is InChI=1S/C19H21F6N3/c1-4-11(2)5-13-9-26-10-17(13)28-12(3)27-16-7-14(18(20,21)22)6-15(8-16)19(23,24)25/h5-8,11,26-27H,3-4,9-10H2,1-2H3/b13-5-,28-17-. The molecule has 2 rings (SSSR count). The van der Waals surface area contributed by atoms with Crippen LogP contribution in [0.2, 0.25) is 0 Å². The molecule has 0 bridgehead atoms. The van der Waals surface area contributed by atoms with Gasteiger partial charge in [-0.2, -0.15) is 26.3 Å².